The van der Waals surface area contributed by atoms with E-state index in [0.29, 0.717) is 25.1 Å². The van der Waals surface area contributed by atoms with E-state index in [0.717, 1.165) is 26.5 Å². The number of carbonyl (C=O) groups is 3. The molecular weight excluding hydrogens is 521 g/mol. The first kappa shape index (κ1) is 26.0. The number of urea groups is 1. The van der Waals surface area contributed by atoms with Gasteiger partial charge in [-0.2, -0.15) is 0 Å². The number of hydrogen-bond acceptors (Lipinski definition) is 4. The molecule has 0 unspecified atom stereocenters. The molecule has 3 rings (SSSR count). The number of benzene rings is 2. The molecule has 0 bridgehead atoms. The van der Waals surface area contributed by atoms with Crippen LogP contribution in [-0.4, -0.2) is 56.1 Å². The average molecular weight is 551 g/mol. The third-order valence-electron chi connectivity index (χ3n) is 5.54. The highest BCUT2D eigenvalue weighted by molar-refractivity contribution is 9.10. The summed E-state index contributed by atoms with van der Waals surface area (Å²) < 4.78 is 20.1. The van der Waals surface area contributed by atoms with E-state index < -0.39 is 26.0 Å². The average Bonchev–Trinajstić information content (AvgIpc) is 3.08. The second-order valence-electron chi connectivity index (χ2n) is 9.46. The summed E-state index contributed by atoms with van der Waals surface area (Å²) in [5.74, 6) is -0.768. The van der Waals surface area contributed by atoms with Gasteiger partial charge in [-0.3, -0.25) is 9.59 Å². The van der Waals surface area contributed by atoms with E-state index in [-0.39, 0.29) is 19.2 Å². The van der Waals surface area contributed by atoms with Gasteiger partial charge in [-0.15, -0.1) is 0 Å². The highest BCUT2D eigenvalue weighted by Gasteiger charge is 2.31. The van der Waals surface area contributed by atoms with Crippen LogP contribution < -0.4 is 5.32 Å². The first-order valence-electron chi connectivity index (χ1n) is 11.0. The lowest BCUT2D eigenvalue weighted by molar-refractivity contribution is -0.119. The minimum Gasteiger partial charge on any atom is -0.361 e. The Labute approximate surface area is 208 Å². The fraction of sp³-hybridized carbons (Fsp3) is 0.375. The molecule has 0 fully saturated rings. The van der Waals surface area contributed by atoms with Crippen molar-refractivity contribution in [2.45, 2.75) is 38.3 Å². The van der Waals surface area contributed by atoms with Gasteiger partial charge < -0.3 is 15.0 Å². The number of ether oxygens (including phenoxy) is 1. The molecule has 1 aliphatic rings. The van der Waals surface area contributed by atoms with Crippen LogP contribution in [0.4, 0.5) is 9.18 Å². The summed E-state index contributed by atoms with van der Waals surface area (Å²) in [6, 6.07) is 11.2. The van der Waals surface area contributed by atoms with E-state index in [9.17, 15) is 18.8 Å². The Morgan fingerprint density at radius 3 is 2.62 bits per heavy atom. The molecular formula is C24H29BrFN3O4Si. The van der Waals surface area contributed by atoms with Crippen molar-refractivity contribution in [1.29, 1.82) is 0 Å². The van der Waals surface area contributed by atoms with E-state index in [1.54, 1.807) is 11.0 Å². The molecule has 10 heteroatoms. The Hall–Kier alpha value is -2.56. The number of fused-ring (bicyclic) bond motifs is 1. The Morgan fingerprint density at radius 2 is 1.97 bits per heavy atom. The summed E-state index contributed by atoms with van der Waals surface area (Å²) >= 11 is 3.40. The summed E-state index contributed by atoms with van der Waals surface area (Å²) in [6.45, 7) is 7.45. The van der Waals surface area contributed by atoms with Crippen molar-refractivity contribution >= 4 is 42.4 Å². The molecule has 1 heterocycles. The van der Waals surface area contributed by atoms with E-state index in [2.05, 4.69) is 40.9 Å². The minimum atomic E-state index is -1.30. The lowest BCUT2D eigenvalue weighted by Crippen LogP contribution is -2.45. The smallest absolute Gasteiger partial charge is 0.326 e. The largest absolute Gasteiger partial charge is 0.361 e. The van der Waals surface area contributed by atoms with Crippen LogP contribution in [-0.2, 0) is 16.1 Å². The molecule has 34 heavy (non-hydrogen) atoms. The molecule has 1 N–H and O–H groups in total. The summed E-state index contributed by atoms with van der Waals surface area (Å²) in [5.41, 5.74) is 1.82. The maximum Gasteiger partial charge on any atom is 0.326 e. The van der Waals surface area contributed by atoms with Crippen molar-refractivity contribution in [1.82, 2.24) is 15.1 Å². The van der Waals surface area contributed by atoms with Gasteiger partial charge in [-0.1, -0.05) is 53.8 Å². The third kappa shape index (κ3) is 6.97. The van der Waals surface area contributed by atoms with Crippen LogP contribution >= 0.6 is 15.9 Å². The summed E-state index contributed by atoms with van der Waals surface area (Å²) in [7, 11) is -1.30. The quantitative estimate of drug-likeness (QED) is 0.200. The zero-order valence-electron chi connectivity index (χ0n) is 19.5. The molecule has 1 aliphatic heterocycles. The van der Waals surface area contributed by atoms with Crippen molar-refractivity contribution < 1.29 is 23.5 Å². The number of imide groups is 1. The Bertz CT molecular complexity index is 1050. The summed E-state index contributed by atoms with van der Waals surface area (Å²) in [6.07, 6.45) is 0.433. The minimum absolute atomic E-state index is 0.153. The van der Waals surface area contributed by atoms with Crippen LogP contribution in [0.5, 0.6) is 0 Å². The van der Waals surface area contributed by atoms with Crippen molar-refractivity contribution in [3.63, 3.8) is 0 Å². The molecule has 7 nitrogen and oxygen atoms in total. The second kappa shape index (κ2) is 11.2. The first-order valence-corrected chi connectivity index (χ1v) is 15.5. The molecule has 2 aromatic rings. The number of nitrogens with zero attached hydrogens (tertiary/aromatic N) is 2. The predicted molar refractivity (Wildman–Crippen MR) is 133 cm³/mol. The van der Waals surface area contributed by atoms with Crippen LogP contribution in [0.1, 0.15) is 27.5 Å². The van der Waals surface area contributed by atoms with Crippen LogP contribution in [0.15, 0.2) is 46.9 Å². The second-order valence-corrected chi connectivity index (χ2v) is 16.0. The fourth-order valence-electron chi connectivity index (χ4n) is 3.54. The molecule has 2 aromatic carbocycles. The molecule has 0 spiro atoms. The molecule has 4 amide bonds. The van der Waals surface area contributed by atoms with Gasteiger partial charge in [0, 0.05) is 37.8 Å². The van der Waals surface area contributed by atoms with Gasteiger partial charge in [-0.25, -0.2) is 14.1 Å². The molecule has 0 saturated heterocycles. The van der Waals surface area contributed by atoms with E-state index in [1.807, 2.05) is 24.3 Å². The van der Waals surface area contributed by atoms with Gasteiger partial charge in [-0.05, 0) is 41.4 Å². The van der Waals surface area contributed by atoms with Gasteiger partial charge in [0.15, 0.2) is 0 Å². The standard InChI is InChI=1S/C24H29BrFN3O4Si/c1-34(2,3)11-10-33-16-29(15-30)24(32)27-22(17-4-7-19(25)8-5-17)14-28-13-18-6-9-20(26)12-21(18)23(28)31/h4-9,12,15,22H,10-11,13-14,16H2,1-3H3,(H,27,32)/t22-/m0/s1. The monoisotopic (exact) mass is 549 g/mol. The van der Waals surface area contributed by atoms with Gasteiger partial charge in [0.25, 0.3) is 5.91 Å². The maximum atomic E-state index is 13.6. The van der Waals surface area contributed by atoms with Crippen molar-refractivity contribution in [3.8, 4) is 0 Å². The molecule has 0 radical (unpaired) electrons. The normalized spacial score (nSPS) is 14.0. The first-order chi connectivity index (χ1) is 16.1. The lowest BCUT2D eigenvalue weighted by atomic mass is 10.1. The van der Waals surface area contributed by atoms with Crippen molar-refractivity contribution in [2.24, 2.45) is 0 Å². The molecule has 0 aliphatic carbocycles. The number of halogens is 2. The van der Waals surface area contributed by atoms with E-state index in [4.69, 9.17) is 4.74 Å². The molecule has 1 atom stereocenters. The highest BCUT2D eigenvalue weighted by atomic mass is 79.9. The van der Waals surface area contributed by atoms with Gasteiger partial charge in [0.1, 0.15) is 12.5 Å². The topological polar surface area (TPSA) is 79.0 Å². The molecule has 0 aromatic heterocycles. The SMILES string of the molecule is C[Si](C)(C)CCOCN(C=O)C(=O)N[C@@H](CN1Cc2ccc(F)cc2C1=O)c1ccc(Br)cc1. The van der Waals surface area contributed by atoms with E-state index >= 15 is 0 Å². The van der Waals surface area contributed by atoms with Crippen LogP contribution in [0.3, 0.4) is 0 Å². The van der Waals surface area contributed by atoms with Crippen molar-refractivity contribution in [3.05, 3.63) is 69.4 Å². The Balaban J connectivity index is 1.71. The summed E-state index contributed by atoms with van der Waals surface area (Å²) in [4.78, 5) is 39.8. The predicted octanol–water partition coefficient (Wildman–Crippen LogP) is 4.77. The number of nitrogens with one attached hydrogen (secondary N) is 1. The van der Waals surface area contributed by atoms with Gasteiger partial charge in [0.05, 0.1) is 6.04 Å². The number of amides is 4. The highest BCUT2D eigenvalue weighted by Crippen LogP contribution is 2.27. The maximum absolute atomic E-state index is 13.6. The number of hydrogen-bond donors (Lipinski definition) is 1. The van der Waals surface area contributed by atoms with Crippen LogP contribution in [0.25, 0.3) is 0 Å². The van der Waals surface area contributed by atoms with E-state index in [1.165, 1.54) is 12.1 Å². The lowest BCUT2D eigenvalue weighted by Gasteiger charge is -2.27. The zero-order valence-corrected chi connectivity index (χ0v) is 22.1. The Morgan fingerprint density at radius 1 is 1.26 bits per heavy atom. The molecule has 182 valence electrons. The third-order valence-corrected chi connectivity index (χ3v) is 7.77. The van der Waals surface area contributed by atoms with Gasteiger partial charge in [0.2, 0.25) is 6.41 Å². The van der Waals surface area contributed by atoms with Crippen LogP contribution in [0.2, 0.25) is 25.7 Å². The molecule has 0 saturated carbocycles. The van der Waals surface area contributed by atoms with Crippen molar-refractivity contribution in [2.75, 3.05) is 19.9 Å². The Kier molecular flexibility index (Phi) is 8.61. The van der Waals surface area contributed by atoms with Crippen LogP contribution in [0, 0.1) is 5.82 Å². The van der Waals surface area contributed by atoms with Gasteiger partial charge >= 0.3 is 6.03 Å². The fourth-order valence-corrected chi connectivity index (χ4v) is 4.56. The number of carbonyl (C=O) groups excluding carboxylic acids is 3. The number of rotatable bonds is 10. The summed E-state index contributed by atoms with van der Waals surface area (Å²) in [5, 5.41) is 2.85. The zero-order chi connectivity index (χ0) is 24.9.